The van der Waals surface area contributed by atoms with Crippen LogP contribution in [0.25, 0.3) is 11.1 Å². The predicted molar refractivity (Wildman–Crippen MR) is 70.6 cm³/mol. The minimum Gasteiger partial charge on any atom is -0.493 e. The summed E-state index contributed by atoms with van der Waals surface area (Å²) in [6.07, 6.45) is 2.22. The van der Waals surface area contributed by atoms with Gasteiger partial charge in [0.2, 0.25) is 0 Å². The number of nitrogens with two attached hydrogens (primary N) is 1. The number of hydrogen-bond acceptors (Lipinski definition) is 5. The number of aromatic nitrogens is 2. The van der Waals surface area contributed by atoms with Crippen LogP contribution in [0, 0.1) is 5.82 Å². The van der Waals surface area contributed by atoms with Gasteiger partial charge in [-0.25, -0.2) is 4.39 Å². The molecule has 3 rings (SSSR count). The second kappa shape index (κ2) is 4.92. The summed E-state index contributed by atoms with van der Waals surface area (Å²) in [5, 5.41) is 6.46. The van der Waals surface area contributed by atoms with E-state index in [-0.39, 0.29) is 5.75 Å². The van der Waals surface area contributed by atoms with Crippen molar-refractivity contribution in [1.29, 1.82) is 0 Å². The van der Waals surface area contributed by atoms with E-state index in [1.165, 1.54) is 19.4 Å². The van der Waals surface area contributed by atoms with Gasteiger partial charge in [-0.3, -0.25) is 5.10 Å². The molecule has 106 valence electrons. The van der Waals surface area contributed by atoms with Crippen molar-refractivity contribution in [2.45, 2.75) is 6.42 Å². The second-order valence-corrected chi connectivity index (χ2v) is 4.34. The van der Waals surface area contributed by atoms with Gasteiger partial charge in [0.05, 0.1) is 37.6 Å². The van der Waals surface area contributed by atoms with Gasteiger partial charge in [0.15, 0.2) is 23.1 Å². The average molecular weight is 279 g/mol. The monoisotopic (exact) mass is 279 g/mol. The lowest BCUT2D eigenvalue weighted by atomic mass is 10.0. The molecule has 0 radical (unpaired) electrons. The Labute approximate surface area is 114 Å². The Hall–Kier alpha value is -2.44. The summed E-state index contributed by atoms with van der Waals surface area (Å²) in [6.45, 7) is 0.950. The molecule has 0 unspecified atom stereocenters. The highest BCUT2D eigenvalue weighted by atomic mass is 19.1. The Morgan fingerprint density at radius 3 is 2.90 bits per heavy atom. The van der Waals surface area contributed by atoms with E-state index in [2.05, 4.69) is 10.2 Å². The van der Waals surface area contributed by atoms with Gasteiger partial charge in [0, 0.05) is 12.5 Å². The van der Waals surface area contributed by atoms with Crippen molar-refractivity contribution in [3.05, 3.63) is 18.1 Å². The molecule has 3 N–H and O–H groups in total. The van der Waals surface area contributed by atoms with Gasteiger partial charge in [0.1, 0.15) is 5.82 Å². The normalized spacial score (nSPS) is 13.9. The summed E-state index contributed by atoms with van der Waals surface area (Å²) >= 11 is 0. The number of rotatable bonds is 2. The van der Waals surface area contributed by atoms with Crippen LogP contribution >= 0.6 is 0 Å². The number of fused-ring (bicyclic) bond motifs is 1. The van der Waals surface area contributed by atoms with Crippen LogP contribution in [-0.2, 0) is 0 Å². The number of ether oxygens (including phenoxy) is 3. The van der Waals surface area contributed by atoms with Gasteiger partial charge in [-0.15, -0.1) is 0 Å². The van der Waals surface area contributed by atoms with Crippen LogP contribution in [0.1, 0.15) is 6.42 Å². The van der Waals surface area contributed by atoms with Crippen molar-refractivity contribution < 1.29 is 18.6 Å². The standard InChI is InChI=1S/C13H14FN3O3/c1-18-11-8(14)5-9-12(20-4-2-3-19-9)10(11)7-6-16-17-13(7)15/h5-6H,2-4H2,1H3,(H3,15,16,17). The first-order valence-electron chi connectivity index (χ1n) is 6.17. The summed E-state index contributed by atoms with van der Waals surface area (Å²) < 4.78 is 30.5. The van der Waals surface area contributed by atoms with Crippen LogP contribution < -0.4 is 19.9 Å². The molecular weight excluding hydrogens is 265 g/mol. The molecule has 0 aliphatic carbocycles. The zero-order valence-electron chi connectivity index (χ0n) is 10.9. The van der Waals surface area contributed by atoms with E-state index in [1.54, 1.807) is 0 Å². The van der Waals surface area contributed by atoms with Crippen molar-refractivity contribution in [2.24, 2.45) is 0 Å². The largest absolute Gasteiger partial charge is 0.493 e. The molecule has 7 heteroatoms. The van der Waals surface area contributed by atoms with E-state index in [0.717, 1.165) is 6.42 Å². The Kier molecular flexibility index (Phi) is 3.09. The highest BCUT2D eigenvalue weighted by Gasteiger charge is 2.26. The smallest absolute Gasteiger partial charge is 0.173 e. The van der Waals surface area contributed by atoms with E-state index in [4.69, 9.17) is 19.9 Å². The van der Waals surface area contributed by atoms with E-state index >= 15 is 0 Å². The maximum atomic E-state index is 14.2. The van der Waals surface area contributed by atoms with Crippen molar-refractivity contribution in [3.63, 3.8) is 0 Å². The van der Waals surface area contributed by atoms with Gasteiger partial charge in [-0.2, -0.15) is 5.10 Å². The zero-order chi connectivity index (χ0) is 14.1. The summed E-state index contributed by atoms with van der Waals surface area (Å²) in [5.74, 6) is 0.601. The summed E-state index contributed by atoms with van der Waals surface area (Å²) in [6, 6.07) is 1.26. The van der Waals surface area contributed by atoms with Crippen molar-refractivity contribution >= 4 is 5.82 Å². The number of H-pyrrole nitrogens is 1. The van der Waals surface area contributed by atoms with Crippen LogP contribution in [-0.4, -0.2) is 30.5 Å². The second-order valence-electron chi connectivity index (χ2n) is 4.34. The van der Waals surface area contributed by atoms with Crippen LogP contribution in [0.15, 0.2) is 12.3 Å². The molecule has 0 amide bonds. The number of nitrogen functional groups attached to an aromatic ring is 1. The molecule has 2 aromatic rings. The molecule has 1 aromatic heterocycles. The molecule has 0 spiro atoms. The third kappa shape index (κ3) is 1.91. The number of methoxy groups -OCH3 is 1. The number of benzene rings is 1. The first-order valence-corrected chi connectivity index (χ1v) is 6.17. The molecule has 0 atom stereocenters. The molecule has 1 aliphatic heterocycles. The van der Waals surface area contributed by atoms with Crippen LogP contribution in [0.3, 0.4) is 0 Å². The van der Waals surface area contributed by atoms with E-state index < -0.39 is 5.82 Å². The fraction of sp³-hybridized carbons (Fsp3) is 0.308. The predicted octanol–water partition coefficient (Wildman–Crippen LogP) is 1.97. The number of anilines is 1. The fourth-order valence-electron chi connectivity index (χ4n) is 2.20. The van der Waals surface area contributed by atoms with Crippen molar-refractivity contribution in [3.8, 4) is 28.4 Å². The lowest BCUT2D eigenvalue weighted by Crippen LogP contribution is -2.00. The molecule has 6 nitrogen and oxygen atoms in total. The van der Waals surface area contributed by atoms with Gasteiger partial charge >= 0.3 is 0 Å². The quantitative estimate of drug-likeness (QED) is 0.878. The maximum absolute atomic E-state index is 14.2. The molecule has 1 aliphatic rings. The first-order chi connectivity index (χ1) is 9.72. The lowest BCUT2D eigenvalue weighted by Gasteiger charge is -2.16. The highest BCUT2D eigenvalue weighted by Crippen LogP contribution is 2.48. The number of nitrogens with one attached hydrogen (secondary N) is 1. The molecule has 2 heterocycles. The minimum atomic E-state index is -0.535. The van der Waals surface area contributed by atoms with Crippen LogP contribution in [0.5, 0.6) is 17.2 Å². The van der Waals surface area contributed by atoms with Gasteiger partial charge in [-0.1, -0.05) is 0 Å². The fourth-order valence-corrected chi connectivity index (χ4v) is 2.20. The number of halogens is 1. The van der Waals surface area contributed by atoms with Gasteiger partial charge in [0.25, 0.3) is 0 Å². The molecule has 0 fully saturated rings. The molecule has 1 aromatic carbocycles. The third-order valence-corrected chi connectivity index (χ3v) is 3.09. The Morgan fingerprint density at radius 2 is 2.20 bits per heavy atom. The maximum Gasteiger partial charge on any atom is 0.173 e. The molecule has 0 bridgehead atoms. The minimum absolute atomic E-state index is 0.0577. The molecule has 0 saturated heterocycles. The summed E-state index contributed by atoms with van der Waals surface area (Å²) in [7, 11) is 1.39. The summed E-state index contributed by atoms with van der Waals surface area (Å²) in [4.78, 5) is 0. The average Bonchev–Trinajstić information content (AvgIpc) is 2.71. The highest BCUT2D eigenvalue weighted by molar-refractivity contribution is 5.85. The molecular formula is C13H14FN3O3. The number of hydrogen-bond donors (Lipinski definition) is 2. The van der Waals surface area contributed by atoms with E-state index in [1.807, 2.05) is 0 Å². The van der Waals surface area contributed by atoms with Crippen molar-refractivity contribution in [1.82, 2.24) is 10.2 Å². The van der Waals surface area contributed by atoms with Crippen LogP contribution in [0.2, 0.25) is 0 Å². The Bertz CT molecular complexity index is 642. The zero-order valence-corrected chi connectivity index (χ0v) is 10.9. The molecule has 20 heavy (non-hydrogen) atoms. The van der Waals surface area contributed by atoms with E-state index in [0.29, 0.717) is 41.7 Å². The SMILES string of the molecule is COc1c(F)cc2c(c1-c1cn[nH]c1N)OCCCO2. The van der Waals surface area contributed by atoms with Gasteiger partial charge in [-0.05, 0) is 0 Å². The molecule has 0 saturated carbocycles. The Balaban J connectivity index is 2.29. The van der Waals surface area contributed by atoms with Crippen molar-refractivity contribution in [2.75, 3.05) is 26.1 Å². The Morgan fingerprint density at radius 1 is 1.40 bits per heavy atom. The summed E-state index contributed by atoms with van der Waals surface area (Å²) in [5.41, 5.74) is 6.76. The first kappa shape index (κ1) is 12.6. The van der Waals surface area contributed by atoms with Crippen LogP contribution in [0.4, 0.5) is 10.2 Å². The third-order valence-electron chi connectivity index (χ3n) is 3.09. The van der Waals surface area contributed by atoms with E-state index in [9.17, 15) is 4.39 Å². The number of aromatic amines is 1. The van der Waals surface area contributed by atoms with Gasteiger partial charge < -0.3 is 19.9 Å². The number of nitrogens with zero attached hydrogens (tertiary/aromatic N) is 1. The lowest BCUT2D eigenvalue weighted by molar-refractivity contribution is 0.297. The topological polar surface area (TPSA) is 82.4 Å².